The fourth-order valence-electron chi connectivity index (χ4n) is 6.15. The van der Waals surface area contributed by atoms with Crippen LogP contribution < -0.4 is 16.4 Å². The average Bonchev–Trinajstić information content (AvgIpc) is 3.05. The van der Waals surface area contributed by atoms with Gasteiger partial charge in [-0.25, -0.2) is 4.79 Å². The monoisotopic (exact) mass is 643 g/mol. The number of para-hydroxylation sites is 2. The Bertz CT molecular complexity index is 1990. The number of carboxylic acid groups (broad SMARTS) is 1. The van der Waals surface area contributed by atoms with Crippen molar-refractivity contribution < 1.29 is 33.3 Å². The molecule has 1 fully saturated rings. The minimum absolute atomic E-state index is 0.0198. The zero-order chi connectivity index (χ0) is 33.5. The number of nitrogens with two attached hydrogens (primary N) is 2. The highest BCUT2D eigenvalue weighted by atomic mass is 19.4. The van der Waals surface area contributed by atoms with Crippen LogP contribution in [0.25, 0.3) is 22.5 Å². The van der Waals surface area contributed by atoms with Gasteiger partial charge in [-0.2, -0.15) is 13.2 Å². The van der Waals surface area contributed by atoms with Crippen molar-refractivity contribution in [3.63, 3.8) is 0 Å². The van der Waals surface area contributed by atoms with Crippen molar-refractivity contribution in [3.8, 4) is 34.0 Å². The normalized spacial score (nSPS) is 16.6. The number of hydrogen-bond donors (Lipinski definition) is 5. The topological polar surface area (TPSA) is 185 Å². The molecular formula is C33H28F3N7O4. The number of aromatic carboxylic acids is 1. The van der Waals surface area contributed by atoms with Crippen LogP contribution in [-0.4, -0.2) is 48.2 Å². The van der Waals surface area contributed by atoms with Gasteiger partial charge in [0, 0.05) is 29.2 Å². The van der Waals surface area contributed by atoms with Crippen LogP contribution in [0.15, 0.2) is 78.9 Å². The average molecular weight is 644 g/mol. The fourth-order valence-corrected chi connectivity index (χ4v) is 6.15. The number of rotatable bonds is 6. The molecule has 0 bridgehead atoms. The van der Waals surface area contributed by atoms with E-state index in [2.05, 4.69) is 20.4 Å². The number of nitrogens with zero attached hydrogens (tertiary/aromatic N) is 5. The summed E-state index contributed by atoms with van der Waals surface area (Å²) in [7, 11) is 0. The fraction of sp³-hybridized carbons (Fsp3) is 0.182. The van der Waals surface area contributed by atoms with E-state index in [0.29, 0.717) is 41.4 Å². The number of aromatic hydroxyl groups is 2. The Morgan fingerprint density at radius 1 is 0.787 bits per heavy atom. The van der Waals surface area contributed by atoms with Gasteiger partial charge in [0.2, 0.25) is 0 Å². The number of carbonyl (C=O) groups is 1. The molecular weight excluding hydrogens is 615 g/mol. The van der Waals surface area contributed by atoms with Gasteiger partial charge in [-0.15, -0.1) is 20.4 Å². The first-order chi connectivity index (χ1) is 22.4. The molecule has 2 aromatic heterocycles. The Labute approximate surface area is 266 Å². The van der Waals surface area contributed by atoms with Gasteiger partial charge >= 0.3 is 12.1 Å². The van der Waals surface area contributed by atoms with Gasteiger partial charge in [0.05, 0.1) is 34.2 Å². The lowest BCUT2D eigenvalue weighted by atomic mass is 9.77. The molecule has 0 radical (unpaired) electrons. The van der Waals surface area contributed by atoms with Crippen molar-refractivity contribution in [1.29, 1.82) is 0 Å². The molecule has 14 heteroatoms. The molecule has 240 valence electrons. The van der Waals surface area contributed by atoms with Crippen molar-refractivity contribution in [2.45, 2.75) is 31.0 Å². The molecule has 1 aliphatic heterocycles. The first kappa shape index (κ1) is 31.1. The zero-order valence-corrected chi connectivity index (χ0v) is 24.6. The highest BCUT2D eigenvalue weighted by Gasteiger charge is 2.42. The molecule has 11 nitrogen and oxygen atoms in total. The largest absolute Gasteiger partial charge is 0.507 e. The van der Waals surface area contributed by atoms with Gasteiger partial charge in [0.15, 0.2) is 11.6 Å². The summed E-state index contributed by atoms with van der Waals surface area (Å²) in [5.74, 6) is -2.64. The van der Waals surface area contributed by atoms with Crippen molar-refractivity contribution in [1.82, 2.24) is 20.4 Å². The number of phenols is 2. The van der Waals surface area contributed by atoms with Crippen LogP contribution in [0.5, 0.6) is 11.5 Å². The third-order valence-electron chi connectivity index (χ3n) is 8.28. The molecule has 3 heterocycles. The van der Waals surface area contributed by atoms with E-state index in [1.807, 2.05) is 0 Å². The van der Waals surface area contributed by atoms with E-state index in [1.165, 1.54) is 18.2 Å². The number of alkyl halides is 3. The molecule has 47 heavy (non-hydrogen) atoms. The summed E-state index contributed by atoms with van der Waals surface area (Å²) in [6, 6.07) is 18.0. The maximum Gasteiger partial charge on any atom is 0.416 e. The summed E-state index contributed by atoms with van der Waals surface area (Å²) in [4.78, 5) is 13.4. The summed E-state index contributed by atoms with van der Waals surface area (Å²) in [6.45, 7) is 0.305. The molecule has 2 unspecified atom stereocenters. The molecule has 0 spiro atoms. The number of piperidine rings is 1. The van der Waals surface area contributed by atoms with Gasteiger partial charge in [0.1, 0.15) is 11.5 Å². The quantitative estimate of drug-likeness (QED) is 0.146. The third kappa shape index (κ3) is 5.92. The maximum atomic E-state index is 14.6. The van der Waals surface area contributed by atoms with E-state index < -0.39 is 35.2 Å². The van der Waals surface area contributed by atoms with Gasteiger partial charge in [-0.3, -0.25) is 0 Å². The van der Waals surface area contributed by atoms with Gasteiger partial charge in [-0.05, 0) is 66.9 Å². The minimum atomic E-state index is -4.88. The number of benzene rings is 3. The Balaban J connectivity index is 1.59. The van der Waals surface area contributed by atoms with Gasteiger partial charge in [0.25, 0.3) is 0 Å². The minimum Gasteiger partial charge on any atom is -0.507 e. The molecule has 0 saturated carbocycles. The van der Waals surface area contributed by atoms with E-state index in [9.17, 15) is 33.3 Å². The van der Waals surface area contributed by atoms with E-state index in [4.69, 9.17) is 11.5 Å². The Hall–Kier alpha value is -5.92. The number of nitrogen functional groups attached to an aromatic ring is 2. The van der Waals surface area contributed by atoms with Crippen molar-refractivity contribution in [3.05, 3.63) is 101 Å². The SMILES string of the molecule is Nc1nnc(-c2ccccc2O)cc1C1C(c2ccc(C(=O)O)cc2C(F)(F)F)CCCN1c1cc(-c2ccccc2O)nnc1N. The molecule has 7 N–H and O–H groups in total. The van der Waals surface area contributed by atoms with Crippen LogP contribution in [0.1, 0.15) is 51.8 Å². The number of anilines is 3. The number of carboxylic acids is 1. The van der Waals surface area contributed by atoms with E-state index in [0.717, 1.165) is 6.07 Å². The molecule has 5 aromatic rings. The molecule has 2 atom stereocenters. The van der Waals surface area contributed by atoms with E-state index >= 15 is 0 Å². The van der Waals surface area contributed by atoms with Gasteiger partial charge in [-0.1, -0.05) is 30.3 Å². The van der Waals surface area contributed by atoms with Crippen LogP contribution in [0.3, 0.4) is 0 Å². The second kappa shape index (κ2) is 12.1. The zero-order valence-electron chi connectivity index (χ0n) is 24.6. The second-order valence-electron chi connectivity index (χ2n) is 11.1. The summed E-state index contributed by atoms with van der Waals surface area (Å²) in [5, 5.41) is 47.1. The molecule has 6 rings (SSSR count). The third-order valence-corrected chi connectivity index (χ3v) is 8.28. The number of phenolic OH excluding ortho intramolecular Hbond substituents is 2. The van der Waals surface area contributed by atoms with E-state index in [-0.39, 0.29) is 46.5 Å². The number of hydrogen-bond acceptors (Lipinski definition) is 10. The highest BCUT2D eigenvalue weighted by molar-refractivity contribution is 5.88. The van der Waals surface area contributed by atoms with Crippen LogP contribution in [-0.2, 0) is 6.18 Å². The van der Waals surface area contributed by atoms with Crippen LogP contribution >= 0.6 is 0 Å². The summed E-state index contributed by atoms with van der Waals surface area (Å²) in [5.41, 5.74) is 12.9. The van der Waals surface area contributed by atoms with Crippen LogP contribution in [0, 0.1) is 0 Å². The lowest BCUT2D eigenvalue weighted by molar-refractivity contribution is -0.138. The van der Waals surface area contributed by atoms with Crippen molar-refractivity contribution in [2.24, 2.45) is 0 Å². The molecule has 1 saturated heterocycles. The first-order valence-electron chi connectivity index (χ1n) is 14.5. The van der Waals surface area contributed by atoms with Crippen molar-refractivity contribution in [2.75, 3.05) is 22.9 Å². The van der Waals surface area contributed by atoms with Crippen LogP contribution in [0.2, 0.25) is 0 Å². The molecule has 0 amide bonds. The first-order valence-corrected chi connectivity index (χ1v) is 14.5. The molecule has 0 aliphatic carbocycles. The van der Waals surface area contributed by atoms with Crippen molar-refractivity contribution >= 4 is 23.3 Å². The summed E-state index contributed by atoms with van der Waals surface area (Å²) >= 11 is 0. The number of halogens is 3. The standard InChI is InChI=1S/C33H28F3N7O4/c34-33(35,36)23-14-17(32(46)47)11-12-18(23)19-8-5-13-43(26-16-25(40-42-31(26)38)21-7-2-4-10-28(21)45)29(19)22-15-24(39-41-30(22)37)20-6-1-3-9-27(20)44/h1-4,6-7,9-12,14-16,19,29,44-45H,5,8,13H2,(H2,37,41)(H2,38,42)(H,46,47). The Morgan fingerprint density at radius 3 is 1.98 bits per heavy atom. The Kier molecular flexibility index (Phi) is 8.01. The Morgan fingerprint density at radius 2 is 1.38 bits per heavy atom. The smallest absolute Gasteiger partial charge is 0.416 e. The maximum absolute atomic E-state index is 14.6. The predicted octanol–water partition coefficient (Wildman–Crippen LogP) is 6.02. The van der Waals surface area contributed by atoms with E-state index in [1.54, 1.807) is 53.4 Å². The lowest BCUT2D eigenvalue weighted by Crippen LogP contribution is -2.40. The summed E-state index contributed by atoms with van der Waals surface area (Å²) in [6.07, 6.45) is -4.21. The second-order valence-corrected chi connectivity index (χ2v) is 11.1. The molecule has 3 aromatic carbocycles. The lowest BCUT2D eigenvalue weighted by Gasteiger charge is -2.44. The van der Waals surface area contributed by atoms with Gasteiger partial charge < -0.3 is 31.7 Å². The molecule has 1 aliphatic rings. The number of aromatic nitrogens is 4. The summed E-state index contributed by atoms with van der Waals surface area (Å²) < 4.78 is 43.8. The van der Waals surface area contributed by atoms with Crippen LogP contribution in [0.4, 0.5) is 30.5 Å². The highest BCUT2D eigenvalue weighted by Crippen LogP contribution is 2.50. The predicted molar refractivity (Wildman–Crippen MR) is 168 cm³/mol.